The molecule has 0 aliphatic heterocycles. The largest absolute Gasteiger partial charge is 0.472 e. The number of ether oxygens (including phenoxy) is 2. The quantitative estimate of drug-likeness (QED) is 0.0280. The minimum Gasteiger partial charge on any atom is -0.461 e. The first-order valence-corrected chi connectivity index (χ1v) is 25.7. The van der Waals surface area contributed by atoms with Gasteiger partial charge in [-0.1, -0.05) is 207 Å². The van der Waals surface area contributed by atoms with Crippen molar-refractivity contribution in [1.82, 2.24) is 0 Å². The molecule has 0 heterocycles. The van der Waals surface area contributed by atoms with Crippen LogP contribution in [0.4, 0.5) is 0 Å². The number of carbonyl (C=O) groups excluding carboxylic acids is 2. The number of phosphoric ester groups is 1. The third kappa shape index (κ3) is 38.9. The van der Waals surface area contributed by atoms with Gasteiger partial charge in [-0.25, -0.2) is 4.57 Å². The van der Waals surface area contributed by atoms with Crippen molar-refractivity contribution in [3.63, 3.8) is 0 Å². The molecule has 0 rings (SSSR count). The first-order valence-electron chi connectivity index (χ1n) is 24.2. The molecule has 0 aromatic heterocycles. The zero-order chi connectivity index (χ0) is 42.4. The molecule has 0 aromatic carbocycles. The first kappa shape index (κ1) is 56.0. The van der Waals surface area contributed by atoms with Crippen LogP contribution in [0.1, 0.15) is 239 Å². The van der Waals surface area contributed by atoms with Crippen LogP contribution >= 0.6 is 7.82 Å². The Balaban J connectivity index is 4.68. The van der Waals surface area contributed by atoms with E-state index in [9.17, 15) is 19.0 Å². The molecule has 0 aromatic rings. The second-order valence-electron chi connectivity index (χ2n) is 18.1. The first-order chi connectivity index (χ1) is 27.4. The van der Waals surface area contributed by atoms with Crippen LogP contribution in [0.2, 0.25) is 0 Å². The van der Waals surface area contributed by atoms with Crippen molar-refractivity contribution in [3.05, 3.63) is 0 Å². The summed E-state index contributed by atoms with van der Waals surface area (Å²) in [5.41, 5.74) is -1.37. The lowest BCUT2D eigenvalue weighted by Gasteiger charge is -2.33. The molecule has 340 valence electrons. The van der Waals surface area contributed by atoms with Gasteiger partial charge < -0.3 is 18.9 Å². The number of rotatable bonds is 44. The van der Waals surface area contributed by atoms with Crippen molar-refractivity contribution in [3.8, 4) is 0 Å². The summed E-state index contributed by atoms with van der Waals surface area (Å²) in [6.07, 6.45) is 38.9. The molecule has 2 atom stereocenters. The molecule has 9 nitrogen and oxygen atoms in total. The van der Waals surface area contributed by atoms with Crippen LogP contribution < -0.4 is 0 Å². The Morgan fingerprint density at radius 2 is 0.842 bits per heavy atom. The van der Waals surface area contributed by atoms with E-state index >= 15 is 0 Å². The summed E-state index contributed by atoms with van der Waals surface area (Å²) < 4.78 is 35.7. The van der Waals surface area contributed by atoms with Crippen LogP contribution in [0.25, 0.3) is 0 Å². The van der Waals surface area contributed by atoms with Crippen molar-refractivity contribution in [2.24, 2.45) is 0 Å². The molecular formula is C47H95NO8P+. The lowest BCUT2D eigenvalue weighted by Crippen LogP contribution is -2.45. The van der Waals surface area contributed by atoms with E-state index < -0.39 is 26.0 Å². The fraction of sp³-hybridized carbons (Fsp3) is 0.957. The molecule has 10 heteroatoms. The molecule has 0 fully saturated rings. The molecule has 0 spiro atoms. The zero-order valence-corrected chi connectivity index (χ0v) is 39.5. The van der Waals surface area contributed by atoms with Crippen molar-refractivity contribution < 1.29 is 42.1 Å². The van der Waals surface area contributed by atoms with Crippen LogP contribution in [0.3, 0.4) is 0 Å². The molecular weight excluding hydrogens is 737 g/mol. The van der Waals surface area contributed by atoms with E-state index in [2.05, 4.69) is 13.8 Å². The monoisotopic (exact) mass is 833 g/mol. The van der Waals surface area contributed by atoms with Crippen LogP contribution in [0.5, 0.6) is 0 Å². The Morgan fingerprint density at radius 3 is 1.19 bits per heavy atom. The molecule has 0 aliphatic carbocycles. The van der Waals surface area contributed by atoms with Crippen molar-refractivity contribution in [2.45, 2.75) is 245 Å². The molecule has 57 heavy (non-hydrogen) atoms. The second kappa shape index (κ2) is 38.0. The molecule has 0 aliphatic rings. The van der Waals surface area contributed by atoms with Crippen LogP contribution in [-0.2, 0) is 32.7 Å². The predicted octanol–water partition coefficient (Wildman–Crippen LogP) is 14.0. The maximum absolute atomic E-state index is 13.2. The Hall–Kier alpha value is -0.990. The molecule has 0 bridgehead atoms. The average molecular weight is 833 g/mol. The van der Waals surface area contributed by atoms with E-state index in [1.54, 1.807) is 0 Å². The molecule has 0 saturated carbocycles. The molecule has 0 amide bonds. The van der Waals surface area contributed by atoms with Gasteiger partial charge in [0.1, 0.15) is 26.4 Å². The topological polar surface area (TPSA) is 108 Å². The number of hydrogen-bond acceptors (Lipinski definition) is 7. The minimum absolute atomic E-state index is 0.0330. The summed E-state index contributed by atoms with van der Waals surface area (Å²) >= 11 is 0. The van der Waals surface area contributed by atoms with Gasteiger partial charge >= 0.3 is 19.8 Å². The second-order valence-corrected chi connectivity index (χ2v) is 19.5. The van der Waals surface area contributed by atoms with Gasteiger partial charge in [-0.15, -0.1) is 0 Å². The van der Waals surface area contributed by atoms with Gasteiger partial charge in [-0.3, -0.25) is 18.6 Å². The van der Waals surface area contributed by atoms with E-state index in [4.69, 9.17) is 18.5 Å². The van der Waals surface area contributed by atoms with Gasteiger partial charge in [-0.05, 0) is 19.3 Å². The molecule has 1 unspecified atom stereocenters. The number of unbranched alkanes of at least 4 members (excludes halogenated alkanes) is 28. The summed E-state index contributed by atoms with van der Waals surface area (Å²) in [6.45, 7) is 6.40. The predicted molar refractivity (Wildman–Crippen MR) is 238 cm³/mol. The van der Waals surface area contributed by atoms with Crippen molar-refractivity contribution in [2.75, 3.05) is 47.5 Å². The van der Waals surface area contributed by atoms with Crippen LogP contribution in [0, 0.1) is 0 Å². The fourth-order valence-corrected chi connectivity index (χ4v) is 8.06. The number of hydrogen-bond donors (Lipinski definition) is 1. The summed E-state index contributed by atoms with van der Waals surface area (Å²) in [7, 11) is 1.46. The zero-order valence-electron chi connectivity index (χ0n) is 38.6. The smallest absolute Gasteiger partial charge is 0.461 e. The Kier molecular flexibility index (Phi) is 37.3. The fourth-order valence-electron chi connectivity index (χ4n) is 7.28. The maximum atomic E-state index is 13.2. The highest BCUT2D eigenvalue weighted by atomic mass is 31.2. The maximum Gasteiger partial charge on any atom is 0.472 e. The number of esters is 2. The van der Waals surface area contributed by atoms with Gasteiger partial charge in [0, 0.05) is 12.8 Å². The van der Waals surface area contributed by atoms with Gasteiger partial charge in [0.2, 0.25) is 0 Å². The summed E-state index contributed by atoms with van der Waals surface area (Å²) in [6, 6.07) is 0. The highest BCUT2D eigenvalue weighted by Crippen LogP contribution is 2.44. The molecule has 0 saturated heterocycles. The summed E-state index contributed by atoms with van der Waals surface area (Å²) in [5.74, 6) is -0.756. The van der Waals surface area contributed by atoms with E-state index in [1.807, 2.05) is 28.1 Å². The summed E-state index contributed by atoms with van der Waals surface area (Å²) in [4.78, 5) is 36.5. The number of nitrogens with zero attached hydrogens (tertiary/aromatic N) is 1. The average Bonchev–Trinajstić information content (AvgIpc) is 3.15. The number of phosphoric acid groups is 1. The SMILES string of the molecule is CCCCCCCCCCCCCCCCCC(=O)OC[C@](CCC)(COP(=O)(O)OCC[N+](C)(C)C)OC(=O)CCCCCCCCCCCCCCCCC. The van der Waals surface area contributed by atoms with E-state index in [0.29, 0.717) is 36.7 Å². The highest BCUT2D eigenvalue weighted by Gasteiger charge is 2.39. The standard InChI is InChI=1S/C47H94NO8P/c1-7-10-12-14-16-18-20-22-24-26-28-30-32-34-36-38-45(49)53-43-47(40-9-3,44-55-57(51,52)54-42-41-48(4,5)6)56-46(50)39-37-35-33-31-29-27-25-23-21-19-17-15-13-11-8-2/h7-44H2,1-6H3/p+1/t47-/m1/s1. The molecule has 0 radical (unpaired) electrons. The van der Waals surface area contributed by atoms with Crippen molar-refractivity contribution >= 4 is 19.8 Å². The van der Waals surface area contributed by atoms with Gasteiger partial charge in [0.15, 0.2) is 5.60 Å². The highest BCUT2D eigenvalue weighted by molar-refractivity contribution is 7.47. The lowest BCUT2D eigenvalue weighted by atomic mass is 9.99. The van der Waals surface area contributed by atoms with E-state index in [1.165, 1.54) is 154 Å². The lowest BCUT2D eigenvalue weighted by molar-refractivity contribution is -0.870. The third-order valence-electron chi connectivity index (χ3n) is 11.0. The summed E-state index contributed by atoms with van der Waals surface area (Å²) in [5, 5.41) is 0. The van der Waals surface area contributed by atoms with Gasteiger partial charge in [0.05, 0.1) is 21.1 Å². The van der Waals surface area contributed by atoms with Crippen LogP contribution in [0.15, 0.2) is 0 Å². The number of likely N-dealkylation sites (N-methyl/N-ethyl adjacent to an activating group) is 1. The minimum atomic E-state index is -4.43. The van der Waals surface area contributed by atoms with E-state index in [-0.39, 0.29) is 25.6 Å². The Morgan fingerprint density at radius 1 is 0.491 bits per heavy atom. The Labute approximate surface area is 353 Å². The van der Waals surface area contributed by atoms with Gasteiger partial charge in [0.25, 0.3) is 0 Å². The van der Waals surface area contributed by atoms with E-state index in [0.717, 1.165) is 32.1 Å². The normalized spacial score (nSPS) is 14.0. The van der Waals surface area contributed by atoms with Gasteiger partial charge in [-0.2, -0.15) is 0 Å². The molecule has 1 N–H and O–H groups in total. The Bertz CT molecular complexity index is 974. The third-order valence-corrected chi connectivity index (χ3v) is 12.0. The van der Waals surface area contributed by atoms with Crippen molar-refractivity contribution in [1.29, 1.82) is 0 Å². The number of carbonyl (C=O) groups is 2. The van der Waals surface area contributed by atoms with Crippen LogP contribution in [-0.4, -0.2) is 74.4 Å². The number of quaternary nitrogens is 1.